The van der Waals surface area contributed by atoms with Gasteiger partial charge in [-0.05, 0) is 29.8 Å². The van der Waals surface area contributed by atoms with E-state index >= 15 is 0 Å². The number of hydrogen-bond donors (Lipinski definition) is 0. The second-order valence-electron chi connectivity index (χ2n) is 5.55. The molecule has 0 spiro atoms. The maximum Gasteiger partial charge on any atom is 0.146 e. The minimum absolute atomic E-state index is 0.857. The van der Waals surface area contributed by atoms with Crippen LogP contribution in [0.3, 0.4) is 0 Å². The summed E-state index contributed by atoms with van der Waals surface area (Å²) in [5.41, 5.74) is 5.65. The predicted octanol–water partition coefficient (Wildman–Crippen LogP) is 4.73. The molecular formula is C18H20N+. The van der Waals surface area contributed by atoms with E-state index < -0.39 is 0 Å². The highest BCUT2D eigenvalue weighted by molar-refractivity contribution is 6.02. The standard InChI is InChI=1S/C18H20N/c1-5-12-19(4)14(3)13(2)18-16-9-7-6-8-15(16)10-11-17(18)19/h5-11H,1,12H2,2-4H3/q+1/t19-/m1/s1. The van der Waals surface area contributed by atoms with Crippen molar-refractivity contribution in [2.45, 2.75) is 13.8 Å². The monoisotopic (exact) mass is 250 g/mol. The first kappa shape index (κ1) is 12.2. The van der Waals surface area contributed by atoms with Crippen molar-refractivity contribution >= 4 is 22.0 Å². The second kappa shape index (κ2) is 4.07. The van der Waals surface area contributed by atoms with Crippen LogP contribution in [-0.4, -0.2) is 13.6 Å². The van der Waals surface area contributed by atoms with Crippen LogP contribution in [0.4, 0.5) is 5.69 Å². The van der Waals surface area contributed by atoms with E-state index in [0.29, 0.717) is 0 Å². The lowest BCUT2D eigenvalue weighted by Crippen LogP contribution is -2.41. The van der Waals surface area contributed by atoms with E-state index in [2.05, 4.69) is 63.9 Å². The molecule has 0 aromatic heterocycles. The van der Waals surface area contributed by atoms with Gasteiger partial charge in [-0.3, -0.25) is 4.48 Å². The Kier molecular flexibility index (Phi) is 2.61. The maximum atomic E-state index is 3.93. The van der Waals surface area contributed by atoms with Crippen molar-refractivity contribution in [3.8, 4) is 0 Å². The van der Waals surface area contributed by atoms with Gasteiger partial charge in [0.05, 0.1) is 12.6 Å². The van der Waals surface area contributed by atoms with Gasteiger partial charge in [-0.1, -0.05) is 30.8 Å². The molecule has 0 radical (unpaired) electrons. The molecule has 3 rings (SSSR count). The Balaban J connectivity index is 2.39. The summed E-state index contributed by atoms with van der Waals surface area (Å²) >= 11 is 0. The van der Waals surface area contributed by atoms with Gasteiger partial charge < -0.3 is 0 Å². The third-order valence-electron chi connectivity index (χ3n) is 4.59. The molecule has 1 aliphatic rings. The molecule has 2 aromatic carbocycles. The summed E-state index contributed by atoms with van der Waals surface area (Å²) in [6.07, 6.45) is 2.01. The van der Waals surface area contributed by atoms with Crippen molar-refractivity contribution < 1.29 is 0 Å². The Hall–Kier alpha value is -1.86. The highest BCUT2D eigenvalue weighted by Gasteiger charge is 2.38. The van der Waals surface area contributed by atoms with Crippen LogP contribution in [0.25, 0.3) is 16.3 Å². The van der Waals surface area contributed by atoms with Gasteiger partial charge in [0.2, 0.25) is 0 Å². The normalized spacial score (nSPS) is 21.8. The summed E-state index contributed by atoms with van der Waals surface area (Å²) in [6.45, 7) is 9.35. The van der Waals surface area contributed by atoms with E-state index in [1.165, 1.54) is 33.3 Å². The average molecular weight is 250 g/mol. The fourth-order valence-electron chi connectivity index (χ4n) is 3.29. The van der Waals surface area contributed by atoms with Gasteiger partial charge >= 0.3 is 0 Å². The minimum Gasteiger partial charge on any atom is -0.261 e. The number of allylic oxidation sites excluding steroid dienone is 2. The van der Waals surface area contributed by atoms with E-state index in [4.69, 9.17) is 0 Å². The van der Waals surface area contributed by atoms with Crippen LogP contribution in [-0.2, 0) is 0 Å². The van der Waals surface area contributed by atoms with Crippen LogP contribution in [0.1, 0.15) is 19.4 Å². The van der Waals surface area contributed by atoms with Gasteiger partial charge in [0.15, 0.2) is 0 Å². The fourth-order valence-corrected chi connectivity index (χ4v) is 3.29. The largest absolute Gasteiger partial charge is 0.261 e. The summed E-state index contributed by atoms with van der Waals surface area (Å²) in [4.78, 5) is 0. The molecule has 0 bridgehead atoms. The van der Waals surface area contributed by atoms with Crippen LogP contribution in [0.2, 0.25) is 0 Å². The second-order valence-corrected chi connectivity index (χ2v) is 5.55. The smallest absolute Gasteiger partial charge is 0.146 e. The van der Waals surface area contributed by atoms with Crippen molar-refractivity contribution in [3.63, 3.8) is 0 Å². The zero-order valence-corrected chi connectivity index (χ0v) is 11.9. The number of nitrogens with zero attached hydrogens (tertiary/aromatic N) is 1. The molecule has 0 fully saturated rings. The third kappa shape index (κ3) is 1.52. The van der Waals surface area contributed by atoms with Crippen LogP contribution in [0.15, 0.2) is 54.8 Å². The Morgan fingerprint density at radius 3 is 2.58 bits per heavy atom. The van der Waals surface area contributed by atoms with Crippen LogP contribution in [0.5, 0.6) is 0 Å². The number of likely N-dealkylation sites (N-methyl/N-ethyl adjacent to an activating group) is 1. The van der Waals surface area contributed by atoms with Crippen molar-refractivity contribution in [1.82, 2.24) is 4.48 Å². The number of quaternary nitrogens is 1. The van der Waals surface area contributed by atoms with E-state index in [1.54, 1.807) is 0 Å². The van der Waals surface area contributed by atoms with Gasteiger partial charge in [0, 0.05) is 18.6 Å². The van der Waals surface area contributed by atoms with Crippen molar-refractivity contribution in [1.29, 1.82) is 0 Å². The molecule has 1 heteroatoms. The first-order valence-electron chi connectivity index (χ1n) is 6.77. The lowest BCUT2D eigenvalue weighted by atomic mass is 9.99. The highest BCUT2D eigenvalue weighted by Crippen LogP contribution is 2.46. The molecule has 96 valence electrons. The Morgan fingerprint density at radius 2 is 1.84 bits per heavy atom. The van der Waals surface area contributed by atoms with Crippen LogP contribution < -0.4 is 4.48 Å². The quantitative estimate of drug-likeness (QED) is 0.534. The molecule has 0 unspecified atom stereocenters. The maximum absolute atomic E-state index is 3.93. The van der Waals surface area contributed by atoms with Crippen LogP contribution in [0, 0.1) is 0 Å². The van der Waals surface area contributed by atoms with Crippen LogP contribution >= 0.6 is 0 Å². The first-order valence-corrected chi connectivity index (χ1v) is 6.77. The highest BCUT2D eigenvalue weighted by atomic mass is 15.4. The average Bonchev–Trinajstić information content (AvgIpc) is 2.62. The van der Waals surface area contributed by atoms with Gasteiger partial charge in [0.1, 0.15) is 17.9 Å². The summed E-state index contributed by atoms with van der Waals surface area (Å²) in [6, 6.07) is 13.2. The van der Waals surface area contributed by atoms with Crippen molar-refractivity contribution in [2.75, 3.05) is 13.6 Å². The molecule has 1 heterocycles. The molecule has 0 aliphatic carbocycles. The summed E-state index contributed by atoms with van der Waals surface area (Å²) in [7, 11) is 2.28. The fraction of sp³-hybridized carbons (Fsp3) is 0.222. The number of rotatable bonds is 2. The predicted molar refractivity (Wildman–Crippen MR) is 85.0 cm³/mol. The Morgan fingerprint density at radius 1 is 1.11 bits per heavy atom. The molecule has 0 saturated carbocycles. The molecule has 0 amide bonds. The van der Waals surface area contributed by atoms with Crippen molar-refractivity contribution in [3.05, 3.63) is 60.3 Å². The molecule has 1 aliphatic heterocycles. The Labute approximate surface area is 115 Å². The molecular weight excluding hydrogens is 230 g/mol. The summed E-state index contributed by atoms with van der Waals surface area (Å²) in [5, 5.41) is 2.68. The zero-order chi connectivity index (χ0) is 13.6. The zero-order valence-electron chi connectivity index (χ0n) is 11.9. The molecule has 0 N–H and O–H groups in total. The lowest BCUT2D eigenvalue weighted by molar-refractivity contribution is 0.462. The van der Waals surface area contributed by atoms with E-state index in [-0.39, 0.29) is 0 Å². The first-order chi connectivity index (χ1) is 9.09. The Bertz CT molecular complexity index is 709. The van der Waals surface area contributed by atoms with Gasteiger partial charge in [0.25, 0.3) is 0 Å². The molecule has 0 saturated heterocycles. The SMILES string of the molecule is C=CC[N@+]1(C)C(C)=C(C)c2c1ccc1ccccc21. The topological polar surface area (TPSA) is 0 Å². The van der Waals surface area contributed by atoms with Gasteiger partial charge in [-0.15, -0.1) is 0 Å². The van der Waals surface area contributed by atoms with Gasteiger partial charge in [-0.25, -0.2) is 0 Å². The molecule has 1 atom stereocenters. The van der Waals surface area contributed by atoms with Crippen molar-refractivity contribution in [2.24, 2.45) is 0 Å². The minimum atomic E-state index is 0.857. The third-order valence-corrected chi connectivity index (χ3v) is 4.59. The number of hydrogen-bond acceptors (Lipinski definition) is 0. The lowest BCUT2D eigenvalue weighted by Gasteiger charge is -2.30. The van der Waals surface area contributed by atoms with E-state index in [0.717, 1.165) is 11.0 Å². The number of benzene rings is 2. The number of fused-ring (bicyclic) bond motifs is 3. The van der Waals surface area contributed by atoms with Gasteiger partial charge in [-0.2, -0.15) is 0 Å². The molecule has 2 aromatic rings. The summed E-state index contributed by atoms with van der Waals surface area (Å²) < 4.78 is 0.857. The summed E-state index contributed by atoms with van der Waals surface area (Å²) in [5.74, 6) is 0. The molecule has 1 nitrogen and oxygen atoms in total. The molecule has 19 heavy (non-hydrogen) atoms. The van der Waals surface area contributed by atoms with E-state index in [9.17, 15) is 0 Å². The van der Waals surface area contributed by atoms with E-state index in [1.807, 2.05) is 6.08 Å².